The van der Waals surface area contributed by atoms with Crippen LogP contribution < -0.4 is 15.5 Å². The molecule has 3 aromatic rings. The summed E-state index contributed by atoms with van der Waals surface area (Å²) in [5.41, 5.74) is 1.58. The van der Waals surface area contributed by atoms with Crippen LogP contribution in [0.1, 0.15) is 33.3 Å². The highest BCUT2D eigenvalue weighted by molar-refractivity contribution is 7.24. The molecule has 0 saturated carbocycles. The van der Waals surface area contributed by atoms with Gasteiger partial charge in [0, 0.05) is 33.4 Å². The molecule has 1 aliphatic heterocycles. The van der Waals surface area contributed by atoms with Gasteiger partial charge in [-0.1, -0.05) is 26.0 Å². The first kappa shape index (κ1) is 19.9. The number of rotatable bonds is 6. The second kappa shape index (κ2) is 7.81. The molecule has 0 atom stereocenters. The summed E-state index contributed by atoms with van der Waals surface area (Å²) < 4.78 is 8.22. The number of ether oxygens (including phenoxy) is 1. The maximum Gasteiger partial charge on any atom is 0.197 e. The minimum Gasteiger partial charge on any atom is -0.483 e. The summed E-state index contributed by atoms with van der Waals surface area (Å²) in [7, 11) is 0. The third kappa shape index (κ3) is 3.77. The highest BCUT2D eigenvalue weighted by Gasteiger charge is 2.26. The average Bonchev–Trinajstić information content (AvgIpc) is 2.70. The van der Waals surface area contributed by atoms with Gasteiger partial charge in [-0.25, -0.2) is 0 Å². The first-order valence-electron chi connectivity index (χ1n) is 10.3. The van der Waals surface area contributed by atoms with Gasteiger partial charge >= 0.3 is 0 Å². The standard InChI is InChI=1S/C24H28N2O2S/c1-5-26(6-2)14-13-25-22-16-11-12-24(3,4)28-18(16)15-20-21(22)23(27)17-9-7-8-10-19(17)29-20/h7-12,15,25H,5-6,13-14H2,1-4H3. The zero-order valence-electron chi connectivity index (χ0n) is 17.5. The monoisotopic (exact) mass is 408 g/mol. The Kier molecular flexibility index (Phi) is 5.36. The van der Waals surface area contributed by atoms with Gasteiger partial charge in [0.05, 0.1) is 11.1 Å². The van der Waals surface area contributed by atoms with Crippen LogP contribution in [0.25, 0.3) is 26.2 Å². The van der Waals surface area contributed by atoms with Crippen molar-refractivity contribution in [2.24, 2.45) is 0 Å². The van der Waals surface area contributed by atoms with E-state index < -0.39 is 0 Å². The largest absolute Gasteiger partial charge is 0.483 e. The van der Waals surface area contributed by atoms with E-state index in [9.17, 15) is 4.79 Å². The zero-order valence-corrected chi connectivity index (χ0v) is 18.4. The van der Waals surface area contributed by atoms with Crippen LogP contribution in [-0.2, 0) is 0 Å². The van der Waals surface area contributed by atoms with Crippen molar-refractivity contribution in [3.05, 3.63) is 52.2 Å². The van der Waals surface area contributed by atoms with Gasteiger partial charge in [0.1, 0.15) is 11.4 Å². The van der Waals surface area contributed by atoms with Gasteiger partial charge in [-0.15, -0.1) is 11.3 Å². The molecule has 2 aromatic carbocycles. The van der Waals surface area contributed by atoms with Gasteiger partial charge in [-0.05, 0) is 57.3 Å². The lowest BCUT2D eigenvalue weighted by molar-refractivity contribution is 0.159. The lowest BCUT2D eigenvalue weighted by Crippen LogP contribution is -2.30. The third-order valence-corrected chi connectivity index (χ3v) is 6.64. The lowest BCUT2D eigenvalue weighted by Gasteiger charge is -2.30. The van der Waals surface area contributed by atoms with Crippen LogP contribution in [0, 0.1) is 0 Å². The van der Waals surface area contributed by atoms with Crippen LogP contribution in [-0.4, -0.2) is 36.7 Å². The average molecular weight is 409 g/mol. The van der Waals surface area contributed by atoms with Crippen molar-refractivity contribution in [2.75, 3.05) is 31.5 Å². The van der Waals surface area contributed by atoms with Crippen molar-refractivity contribution in [2.45, 2.75) is 33.3 Å². The van der Waals surface area contributed by atoms with Crippen LogP contribution in [0.2, 0.25) is 0 Å². The summed E-state index contributed by atoms with van der Waals surface area (Å²) in [5, 5.41) is 5.12. The van der Waals surface area contributed by atoms with Crippen molar-refractivity contribution >= 4 is 43.3 Å². The van der Waals surface area contributed by atoms with Crippen molar-refractivity contribution < 1.29 is 4.74 Å². The van der Waals surface area contributed by atoms with E-state index in [4.69, 9.17) is 4.74 Å². The van der Waals surface area contributed by atoms with E-state index in [1.807, 2.05) is 44.2 Å². The summed E-state index contributed by atoms with van der Waals surface area (Å²) in [6.07, 6.45) is 4.16. The Balaban J connectivity index is 1.89. The number of benzene rings is 2. The molecular weight excluding hydrogens is 380 g/mol. The SMILES string of the molecule is CCN(CC)CCNc1c2c(cc3sc4ccccc4c(=O)c13)OC(C)(C)C=C2. The van der Waals surface area contributed by atoms with Crippen LogP contribution in [0.4, 0.5) is 5.69 Å². The molecule has 4 nitrogen and oxygen atoms in total. The number of nitrogens with zero attached hydrogens (tertiary/aromatic N) is 1. The van der Waals surface area contributed by atoms with Gasteiger partial charge in [-0.3, -0.25) is 4.79 Å². The van der Waals surface area contributed by atoms with E-state index in [1.54, 1.807) is 11.3 Å². The zero-order chi connectivity index (χ0) is 20.6. The normalized spacial score (nSPS) is 14.9. The second-order valence-electron chi connectivity index (χ2n) is 7.96. The second-order valence-corrected chi connectivity index (χ2v) is 9.04. The molecule has 2 heterocycles. The lowest BCUT2D eigenvalue weighted by atomic mass is 9.99. The van der Waals surface area contributed by atoms with Gasteiger partial charge in [0.15, 0.2) is 5.43 Å². The molecule has 1 N–H and O–H groups in total. The smallest absolute Gasteiger partial charge is 0.197 e. The minimum absolute atomic E-state index is 0.0840. The molecule has 0 aliphatic carbocycles. The number of anilines is 1. The van der Waals surface area contributed by atoms with Crippen LogP contribution in [0.5, 0.6) is 5.75 Å². The molecule has 4 rings (SSSR count). The highest BCUT2D eigenvalue weighted by atomic mass is 32.1. The number of likely N-dealkylation sites (N-methyl/N-ethyl adjacent to an activating group) is 1. The molecule has 5 heteroatoms. The summed E-state index contributed by atoms with van der Waals surface area (Å²) >= 11 is 1.65. The quantitative estimate of drug-likeness (QED) is 0.558. The van der Waals surface area contributed by atoms with Crippen LogP contribution in [0.3, 0.4) is 0 Å². The van der Waals surface area contributed by atoms with E-state index in [0.717, 1.165) is 63.4 Å². The predicted molar refractivity (Wildman–Crippen MR) is 126 cm³/mol. The first-order valence-corrected chi connectivity index (χ1v) is 11.1. The third-order valence-electron chi connectivity index (χ3n) is 5.52. The summed E-state index contributed by atoms with van der Waals surface area (Å²) in [6, 6.07) is 9.87. The fourth-order valence-corrected chi connectivity index (χ4v) is 4.98. The predicted octanol–water partition coefficient (Wildman–Crippen LogP) is 5.35. The molecule has 152 valence electrons. The Labute approximate surface area is 175 Å². The summed E-state index contributed by atoms with van der Waals surface area (Å²) in [6.45, 7) is 12.2. The van der Waals surface area contributed by atoms with Crippen LogP contribution in [0.15, 0.2) is 41.2 Å². The van der Waals surface area contributed by atoms with Gasteiger partial charge < -0.3 is 15.0 Å². The first-order chi connectivity index (χ1) is 13.9. The molecular formula is C24H28N2O2S. The number of nitrogens with one attached hydrogen (secondary N) is 1. The van der Waals surface area contributed by atoms with E-state index >= 15 is 0 Å². The van der Waals surface area contributed by atoms with Gasteiger partial charge in [0.25, 0.3) is 0 Å². The van der Waals surface area contributed by atoms with Gasteiger partial charge in [0.2, 0.25) is 0 Å². The van der Waals surface area contributed by atoms with E-state index in [-0.39, 0.29) is 11.0 Å². The van der Waals surface area contributed by atoms with Crippen molar-refractivity contribution in [1.82, 2.24) is 4.90 Å². The van der Waals surface area contributed by atoms with E-state index in [0.29, 0.717) is 0 Å². The Morgan fingerprint density at radius 2 is 1.90 bits per heavy atom. The van der Waals surface area contributed by atoms with Crippen LogP contribution >= 0.6 is 11.3 Å². The molecule has 1 aromatic heterocycles. The summed E-state index contributed by atoms with van der Waals surface area (Å²) in [4.78, 5) is 15.8. The van der Waals surface area contributed by atoms with Crippen molar-refractivity contribution in [3.63, 3.8) is 0 Å². The molecule has 0 bridgehead atoms. The molecule has 1 aliphatic rings. The molecule has 0 radical (unpaired) electrons. The molecule has 0 unspecified atom stereocenters. The van der Waals surface area contributed by atoms with Crippen molar-refractivity contribution in [1.29, 1.82) is 0 Å². The molecule has 0 amide bonds. The molecule has 0 saturated heterocycles. The maximum atomic E-state index is 13.4. The minimum atomic E-state index is -0.360. The fraction of sp³-hybridized carbons (Fsp3) is 0.375. The number of fused-ring (bicyclic) bond motifs is 3. The number of hydrogen-bond acceptors (Lipinski definition) is 5. The van der Waals surface area contributed by atoms with Gasteiger partial charge in [-0.2, -0.15) is 0 Å². The molecule has 0 fully saturated rings. The maximum absolute atomic E-state index is 13.4. The topological polar surface area (TPSA) is 41.6 Å². The van der Waals surface area contributed by atoms with Crippen molar-refractivity contribution in [3.8, 4) is 5.75 Å². The Bertz CT molecular complexity index is 1140. The molecule has 29 heavy (non-hydrogen) atoms. The molecule has 0 spiro atoms. The highest BCUT2D eigenvalue weighted by Crippen LogP contribution is 2.42. The number of hydrogen-bond donors (Lipinski definition) is 1. The van der Waals surface area contributed by atoms with E-state index in [2.05, 4.69) is 36.2 Å². The summed E-state index contributed by atoms with van der Waals surface area (Å²) in [5.74, 6) is 0.835. The fourth-order valence-electron chi connectivity index (χ4n) is 3.87. The Morgan fingerprint density at radius 1 is 1.14 bits per heavy atom. The Hall–Kier alpha value is -2.37. The van der Waals surface area contributed by atoms with E-state index in [1.165, 1.54) is 0 Å². The Morgan fingerprint density at radius 3 is 2.66 bits per heavy atom.